The molecule has 1 fully saturated rings. The largest absolute Gasteiger partial charge is 2.00 e. The second-order valence-corrected chi connectivity index (χ2v) is 2.10. The van der Waals surface area contributed by atoms with Crippen LogP contribution in [-0.2, 0) is 0 Å². The zero-order chi connectivity index (χ0) is 5.11. The summed E-state index contributed by atoms with van der Waals surface area (Å²) in [4.78, 5) is 0. The van der Waals surface area contributed by atoms with Crippen LogP contribution in [0, 0.1) is 5.21 Å². The van der Waals surface area contributed by atoms with Crippen LogP contribution < -0.4 is 22.0 Å². The van der Waals surface area contributed by atoms with E-state index in [0.717, 1.165) is 25.9 Å². The molecule has 9 heavy (non-hydrogen) atoms. The number of halogens is 1. The van der Waals surface area contributed by atoms with Gasteiger partial charge in [0.05, 0.1) is 13.1 Å². The van der Waals surface area contributed by atoms with Crippen molar-refractivity contribution in [1.82, 2.24) is 0 Å². The van der Waals surface area contributed by atoms with Crippen molar-refractivity contribution in [2.45, 2.75) is 19.3 Å². The minimum atomic E-state index is 0. The Bertz CT molecular complexity index is 58.9. The number of rotatable bonds is 0. The van der Waals surface area contributed by atoms with E-state index in [1.165, 1.54) is 6.42 Å². The van der Waals surface area contributed by atoms with Gasteiger partial charge >= 0.3 is 23.1 Å². The van der Waals surface area contributed by atoms with E-state index < -0.39 is 0 Å². The van der Waals surface area contributed by atoms with Crippen LogP contribution in [0.1, 0.15) is 19.3 Å². The number of hydroxylamine groups is 2. The molecule has 0 radical (unpaired) electrons. The second kappa shape index (κ2) is 7.28. The van der Waals surface area contributed by atoms with Crippen LogP contribution in [0.2, 0.25) is 0 Å². The van der Waals surface area contributed by atoms with Crippen molar-refractivity contribution in [2.24, 2.45) is 0 Å². The minimum Gasteiger partial charge on any atom is -1.00 e. The zero-order valence-corrected chi connectivity index (χ0v) is 8.53. The monoisotopic (exact) mass is 204 g/mol. The summed E-state index contributed by atoms with van der Waals surface area (Å²) in [5.74, 6) is 0. The number of hydrogen-bond acceptors (Lipinski definition) is 1. The quantitative estimate of drug-likeness (QED) is 0.318. The number of piperidine rings is 1. The third kappa shape index (κ3) is 5.60. The molecule has 50 valence electrons. The van der Waals surface area contributed by atoms with E-state index in [1.54, 1.807) is 0 Å². The zero-order valence-electron chi connectivity index (χ0n) is 5.53. The van der Waals surface area contributed by atoms with E-state index in [-0.39, 0.29) is 40.0 Å². The third-order valence-electron chi connectivity index (χ3n) is 1.41. The van der Waals surface area contributed by atoms with Gasteiger partial charge in [-0.25, -0.2) is 0 Å². The Labute approximate surface area is 82.5 Å². The molecule has 0 aliphatic carbocycles. The number of nitrogens with one attached hydrogen (secondary N) is 1. The van der Waals surface area contributed by atoms with Gasteiger partial charge in [0, 0.05) is 0 Å². The van der Waals surface area contributed by atoms with E-state index in [1.807, 2.05) is 0 Å². The molecule has 0 aromatic heterocycles. The second-order valence-electron chi connectivity index (χ2n) is 2.10. The summed E-state index contributed by atoms with van der Waals surface area (Å²) in [6.07, 6.45) is 3.55. The normalized spacial score (nSPS) is 19.7. The molecule has 0 spiro atoms. The van der Waals surface area contributed by atoms with E-state index in [0.29, 0.717) is 5.06 Å². The molecule has 0 aromatic carbocycles. The smallest absolute Gasteiger partial charge is 1.00 e. The first-order valence-electron chi connectivity index (χ1n) is 2.91. The Morgan fingerprint density at radius 2 is 1.44 bits per heavy atom. The molecular formula is C5H11BrMgNO+. The summed E-state index contributed by atoms with van der Waals surface area (Å²) in [6.45, 7) is 1.69. The first-order valence-corrected chi connectivity index (χ1v) is 2.91. The molecule has 2 nitrogen and oxygen atoms in total. The van der Waals surface area contributed by atoms with Crippen molar-refractivity contribution in [3.05, 3.63) is 5.21 Å². The van der Waals surface area contributed by atoms with Gasteiger partial charge in [-0.05, 0) is 19.3 Å². The molecule has 0 atom stereocenters. The van der Waals surface area contributed by atoms with Crippen LogP contribution in [0.5, 0.6) is 0 Å². The van der Waals surface area contributed by atoms with Gasteiger partial charge in [0.1, 0.15) is 0 Å². The van der Waals surface area contributed by atoms with E-state index >= 15 is 0 Å². The molecule has 1 aliphatic heterocycles. The molecule has 4 heteroatoms. The molecule has 0 bridgehead atoms. The van der Waals surface area contributed by atoms with Crippen molar-refractivity contribution in [3.63, 3.8) is 0 Å². The summed E-state index contributed by atoms with van der Waals surface area (Å²) >= 11 is 0. The van der Waals surface area contributed by atoms with Crippen molar-refractivity contribution in [1.29, 1.82) is 0 Å². The maximum atomic E-state index is 10.5. The average Bonchev–Trinajstić information content (AvgIpc) is 1.69. The van der Waals surface area contributed by atoms with E-state index in [9.17, 15) is 5.21 Å². The Hall–Kier alpha value is 1.17. The van der Waals surface area contributed by atoms with Gasteiger partial charge in [-0.3, -0.25) is 0 Å². The van der Waals surface area contributed by atoms with Crippen molar-refractivity contribution < 1.29 is 22.0 Å². The van der Waals surface area contributed by atoms with Crippen molar-refractivity contribution in [3.8, 4) is 0 Å². The standard InChI is InChI=1S/C5H11NO.BrH.Mg/c7-6-4-2-1-3-5-6;;/h6H,1-5H2;1H;/q;;+2/p-1. The summed E-state index contributed by atoms with van der Waals surface area (Å²) < 4.78 is 0. The van der Waals surface area contributed by atoms with Gasteiger partial charge in [-0.15, -0.1) is 0 Å². The molecule has 1 heterocycles. The molecule has 1 aliphatic rings. The van der Waals surface area contributed by atoms with E-state index in [2.05, 4.69) is 0 Å². The predicted molar refractivity (Wildman–Crippen MR) is 33.7 cm³/mol. The SMILES string of the molecule is [Br-].[Mg+2].[O-][NH+]1CCCCC1. The molecule has 0 unspecified atom stereocenters. The van der Waals surface area contributed by atoms with Crippen molar-refractivity contribution >= 4 is 23.1 Å². The van der Waals surface area contributed by atoms with E-state index in [4.69, 9.17) is 0 Å². The molecule has 0 amide bonds. The molecule has 1 rings (SSSR count). The average molecular weight is 205 g/mol. The van der Waals surface area contributed by atoms with Gasteiger partial charge in [0.2, 0.25) is 0 Å². The Kier molecular flexibility index (Phi) is 10.4. The summed E-state index contributed by atoms with van der Waals surface area (Å²) in [5.41, 5.74) is 0. The van der Waals surface area contributed by atoms with Crippen LogP contribution in [0.15, 0.2) is 0 Å². The van der Waals surface area contributed by atoms with Gasteiger partial charge < -0.3 is 27.3 Å². The molecule has 1 saturated heterocycles. The first kappa shape index (κ1) is 12.8. The predicted octanol–water partition coefficient (Wildman–Crippen LogP) is -3.82. The number of quaternary nitrogens is 1. The van der Waals surface area contributed by atoms with Gasteiger partial charge in [-0.2, -0.15) is 0 Å². The van der Waals surface area contributed by atoms with Crippen LogP contribution in [-0.4, -0.2) is 36.1 Å². The Morgan fingerprint density at radius 3 is 1.67 bits per heavy atom. The maximum Gasteiger partial charge on any atom is 2.00 e. The Morgan fingerprint density at radius 1 is 1.00 bits per heavy atom. The molecule has 0 saturated carbocycles. The van der Waals surface area contributed by atoms with Gasteiger partial charge in [0.25, 0.3) is 0 Å². The van der Waals surface area contributed by atoms with Crippen LogP contribution >= 0.6 is 0 Å². The first-order chi connectivity index (χ1) is 3.39. The summed E-state index contributed by atoms with van der Waals surface area (Å²) in [6, 6.07) is 0. The number of hydrogen-bond donors (Lipinski definition) is 1. The van der Waals surface area contributed by atoms with Crippen LogP contribution in [0.25, 0.3) is 0 Å². The Balaban J connectivity index is 0. The molecular weight excluding hydrogens is 194 g/mol. The van der Waals surface area contributed by atoms with Gasteiger partial charge in [-0.1, -0.05) is 0 Å². The summed E-state index contributed by atoms with van der Waals surface area (Å²) in [5, 5.41) is 10.9. The van der Waals surface area contributed by atoms with Gasteiger partial charge in [0.15, 0.2) is 0 Å². The topological polar surface area (TPSA) is 27.5 Å². The van der Waals surface area contributed by atoms with Crippen molar-refractivity contribution in [2.75, 3.05) is 13.1 Å². The molecule has 1 N–H and O–H groups in total. The van der Waals surface area contributed by atoms with Crippen LogP contribution in [0.3, 0.4) is 0 Å². The fraction of sp³-hybridized carbons (Fsp3) is 1.00. The fourth-order valence-corrected chi connectivity index (χ4v) is 0.946. The van der Waals surface area contributed by atoms with Crippen LogP contribution in [0.4, 0.5) is 0 Å². The third-order valence-corrected chi connectivity index (χ3v) is 1.41. The summed E-state index contributed by atoms with van der Waals surface area (Å²) in [7, 11) is 0. The molecule has 0 aromatic rings. The maximum absolute atomic E-state index is 10.5. The minimum absolute atomic E-state index is 0. The fourth-order valence-electron chi connectivity index (χ4n) is 0.946.